The fraction of sp³-hybridized carbons (Fsp3) is 0.167. The van der Waals surface area contributed by atoms with Crippen LogP contribution in [0.15, 0.2) is 78.9 Å². The predicted octanol–water partition coefficient (Wildman–Crippen LogP) is 3.57. The first kappa shape index (κ1) is 21.2. The molecule has 154 valence electrons. The second-order valence-corrected chi connectivity index (χ2v) is 6.97. The maximum atomic E-state index is 12.9. The summed E-state index contributed by atoms with van der Waals surface area (Å²) in [5, 5.41) is 8.47. The van der Waals surface area contributed by atoms with Gasteiger partial charge in [0.25, 0.3) is 0 Å². The molecule has 0 heterocycles. The summed E-state index contributed by atoms with van der Waals surface area (Å²) in [6, 6.07) is 23.3. The number of anilines is 1. The quantitative estimate of drug-likeness (QED) is 0.537. The van der Waals surface area contributed by atoms with Crippen LogP contribution >= 0.6 is 0 Å². The van der Waals surface area contributed by atoms with Crippen LogP contribution in [0.1, 0.15) is 22.7 Å². The number of benzene rings is 3. The van der Waals surface area contributed by atoms with E-state index in [1.54, 1.807) is 0 Å². The second-order valence-electron chi connectivity index (χ2n) is 6.97. The molecule has 0 aromatic heterocycles. The summed E-state index contributed by atoms with van der Waals surface area (Å²) in [5.41, 5.74) is 3.73. The van der Waals surface area contributed by atoms with Crippen LogP contribution in [0.4, 0.5) is 10.1 Å². The van der Waals surface area contributed by atoms with Crippen LogP contribution in [0.2, 0.25) is 0 Å². The Labute approximate surface area is 175 Å². The first-order chi connectivity index (χ1) is 14.5. The molecule has 3 rings (SSSR count). The number of hydrogen-bond donors (Lipinski definition) is 3. The van der Waals surface area contributed by atoms with Gasteiger partial charge in [-0.3, -0.25) is 14.9 Å². The lowest BCUT2D eigenvalue weighted by Gasteiger charge is -2.20. The molecular weight excluding hydrogens is 381 g/mol. The van der Waals surface area contributed by atoms with Gasteiger partial charge >= 0.3 is 0 Å². The van der Waals surface area contributed by atoms with Crippen LogP contribution in [-0.2, 0) is 9.59 Å². The summed E-state index contributed by atoms with van der Waals surface area (Å²) in [5.74, 6) is -1.06. The molecule has 2 amide bonds. The Morgan fingerprint density at radius 3 is 2.10 bits per heavy atom. The third-order valence-corrected chi connectivity index (χ3v) is 4.58. The van der Waals surface area contributed by atoms with Crippen molar-refractivity contribution in [3.05, 3.63) is 101 Å². The summed E-state index contributed by atoms with van der Waals surface area (Å²) in [4.78, 5) is 24.2. The van der Waals surface area contributed by atoms with Crippen molar-refractivity contribution in [2.75, 3.05) is 18.4 Å². The molecule has 0 spiro atoms. The van der Waals surface area contributed by atoms with Crippen molar-refractivity contribution in [2.45, 2.75) is 13.0 Å². The molecule has 0 fully saturated rings. The SMILES string of the molecule is Cc1ccc(C(NCC(=O)NCC(=O)Nc2ccc(F)cc2)c2ccccc2)cc1. The highest BCUT2D eigenvalue weighted by Gasteiger charge is 2.15. The minimum absolute atomic E-state index is 0.0528. The van der Waals surface area contributed by atoms with Gasteiger partial charge in [0, 0.05) is 5.69 Å². The smallest absolute Gasteiger partial charge is 0.243 e. The van der Waals surface area contributed by atoms with Crippen LogP contribution in [0, 0.1) is 12.7 Å². The first-order valence-corrected chi connectivity index (χ1v) is 9.68. The Bertz CT molecular complexity index is 974. The summed E-state index contributed by atoms with van der Waals surface area (Å²) >= 11 is 0. The third-order valence-electron chi connectivity index (χ3n) is 4.58. The van der Waals surface area contributed by atoms with E-state index in [9.17, 15) is 14.0 Å². The Morgan fingerprint density at radius 1 is 0.800 bits per heavy atom. The Morgan fingerprint density at radius 2 is 1.43 bits per heavy atom. The zero-order valence-electron chi connectivity index (χ0n) is 16.7. The number of carbonyl (C=O) groups is 2. The van der Waals surface area contributed by atoms with Gasteiger partial charge in [-0.2, -0.15) is 0 Å². The molecule has 30 heavy (non-hydrogen) atoms. The lowest BCUT2D eigenvalue weighted by Crippen LogP contribution is -2.39. The average molecular weight is 405 g/mol. The predicted molar refractivity (Wildman–Crippen MR) is 116 cm³/mol. The van der Waals surface area contributed by atoms with Gasteiger partial charge in [0.15, 0.2) is 0 Å². The maximum absolute atomic E-state index is 12.9. The maximum Gasteiger partial charge on any atom is 0.243 e. The lowest BCUT2D eigenvalue weighted by molar-refractivity contribution is -0.123. The third kappa shape index (κ3) is 6.25. The van der Waals surface area contributed by atoms with Gasteiger partial charge in [0.05, 0.1) is 19.1 Å². The van der Waals surface area contributed by atoms with Crippen molar-refractivity contribution in [1.82, 2.24) is 10.6 Å². The molecule has 0 radical (unpaired) electrons. The Kier molecular flexibility index (Phi) is 7.29. The van der Waals surface area contributed by atoms with Crippen molar-refractivity contribution in [3.8, 4) is 0 Å². The molecule has 0 aliphatic carbocycles. The number of aryl methyl sites for hydroxylation is 1. The highest BCUT2D eigenvalue weighted by atomic mass is 19.1. The van der Waals surface area contributed by atoms with Gasteiger partial charge < -0.3 is 10.6 Å². The fourth-order valence-corrected chi connectivity index (χ4v) is 3.01. The monoisotopic (exact) mass is 405 g/mol. The summed E-state index contributed by atoms with van der Waals surface area (Å²) in [6.07, 6.45) is 0. The van der Waals surface area contributed by atoms with Crippen molar-refractivity contribution < 1.29 is 14.0 Å². The first-order valence-electron chi connectivity index (χ1n) is 9.68. The van der Waals surface area contributed by atoms with E-state index in [1.165, 1.54) is 24.3 Å². The molecule has 6 heteroatoms. The molecule has 3 aromatic carbocycles. The van der Waals surface area contributed by atoms with E-state index in [4.69, 9.17) is 0 Å². The summed E-state index contributed by atoms with van der Waals surface area (Å²) < 4.78 is 12.9. The zero-order valence-corrected chi connectivity index (χ0v) is 16.7. The number of halogens is 1. The minimum atomic E-state index is -0.381. The summed E-state index contributed by atoms with van der Waals surface area (Å²) in [7, 11) is 0. The lowest BCUT2D eigenvalue weighted by atomic mass is 9.98. The number of amides is 2. The van der Waals surface area contributed by atoms with Crippen molar-refractivity contribution in [1.29, 1.82) is 0 Å². The van der Waals surface area contributed by atoms with E-state index in [1.807, 2.05) is 61.5 Å². The Hall–Kier alpha value is -3.51. The molecule has 0 saturated carbocycles. The van der Waals surface area contributed by atoms with Gasteiger partial charge in [-0.05, 0) is 42.3 Å². The zero-order chi connectivity index (χ0) is 21.3. The minimum Gasteiger partial charge on any atom is -0.346 e. The number of rotatable bonds is 8. The van der Waals surface area contributed by atoms with Crippen molar-refractivity contribution >= 4 is 17.5 Å². The van der Waals surface area contributed by atoms with Crippen LogP contribution < -0.4 is 16.0 Å². The van der Waals surface area contributed by atoms with Crippen LogP contribution in [0.3, 0.4) is 0 Å². The fourth-order valence-electron chi connectivity index (χ4n) is 3.01. The molecule has 3 aromatic rings. The van der Waals surface area contributed by atoms with Crippen LogP contribution in [0.25, 0.3) is 0 Å². The van der Waals surface area contributed by atoms with E-state index < -0.39 is 0 Å². The average Bonchev–Trinajstić information content (AvgIpc) is 2.76. The van der Waals surface area contributed by atoms with Gasteiger partial charge in [-0.25, -0.2) is 4.39 Å². The van der Waals surface area contributed by atoms with Crippen LogP contribution in [-0.4, -0.2) is 24.9 Å². The normalized spacial score (nSPS) is 11.5. The number of hydrogen-bond acceptors (Lipinski definition) is 3. The molecule has 1 unspecified atom stereocenters. The van der Waals surface area contributed by atoms with Gasteiger partial charge in [-0.1, -0.05) is 60.2 Å². The summed E-state index contributed by atoms with van der Waals surface area (Å²) in [6.45, 7) is 1.91. The van der Waals surface area contributed by atoms with E-state index in [0.29, 0.717) is 5.69 Å². The number of carbonyl (C=O) groups excluding carboxylic acids is 2. The van der Waals surface area contributed by atoms with E-state index in [0.717, 1.165) is 16.7 Å². The highest BCUT2D eigenvalue weighted by Crippen LogP contribution is 2.22. The van der Waals surface area contributed by atoms with Gasteiger partial charge in [-0.15, -0.1) is 0 Å². The number of nitrogens with one attached hydrogen (secondary N) is 3. The van der Waals surface area contributed by atoms with Crippen molar-refractivity contribution in [2.24, 2.45) is 0 Å². The largest absolute Gasteiger partial charge is 0.346 e. The van der Waals surface area contributed by atoms with E-state index in [2.05, 4.69) is 16.0 Å². The molecule has 3 N–H and O–H groups in total. The van der Waals surface area contributed by atoms with Crippen LogP contribution in [0.5, 0.6) is 0 Å². The molecule has 0 saturated heterocycles. The van der Waals surface area contributed by atoms with Gasteiger partial charge in [0.1, 0.15) is 5.82 Å². The standard InChI is InChI=1S/C24H24FN3O2/c1-17-7-9-19(10-8-17)24(18-5-3-2-4-6-18)27-15-22(29)26-16-23(30)28-21-13-11-20(25)12-14-21/h2-14,24,27H,15-16H2,1H3,(H,26,29)(H,28,30). The van der Waals surface area contributed by atoms with E-state index in [-0.39, 0.29) is 36.8 Å². The van der Waals surface area contributed by atoms with Gasteiger partial charge in [0.2, 0.25) is 11.8 Å². The molecule has 0 aliphatic heterocycles. The molecule has 0 aliphatic rings. The Balaban J connectivity index is 1.54. The molecule has 5 nitrogen and oxygen atoms in total. The van der Waals surface area contributed by atoms with E-state index >= 15 is 0 Å². The molecule has 1 atom stereocenters. The topological polar surface area (TPSA) is 70.2 Å². The molecular formula is C24H24FN3O2. The highest BCUT2D eigenvalue weighted by molar-refractivity contribution is 5.94. The second kappa shape index (κ2) is 10.3. The van der Waals surface area contributed by atoms with Crippen molar-refractivity contribution in [3.63, 3.8) is 0 Å². The molecule has 0 bridgehead atoms.